The molecule has 0 aliphatic rings. The molecule has 9 heteroatoms. The van der Waals surface area contributed by atoms with Crippen molar-refractivity contribution < 1.29 is 21.6 Å². The Morgan fingerprint density at radius 1 is 1.25 bits per heavy atom. The van der Waals surface area contributed by atoms with Crippen LogP contribution in [0.2, 0.25) is 0 Å². The van der Waals surface area contributed by atoms with Crippen LogP contribution in [0, 0.1) is 0 Å². The first-order valence-electron chi connectivity index (χ1n) is 4.36. The van der Waals surface area contributed by atoms with E-state index in [-0.39, 0.29) is 6.54 Å². The van der Waals surface area contributed by atoms with Crippen molar-refractivity contribution in [1.82, 2.24) is 5.32 Å². The van der Waals surface area contributed by atoms with Crippen LogP contribution in [0.25, 0.3) is 0 Å². The molecule has 0 aromatic carbocycles. The smallest absolute Gasteiger partial charge is 0.240 e. The van der Waals surface area contributed by atoms with Crippen LogP contribution in [-0.2, 0) is 24.7 Å². The molecule has 96 valence electrons. The molecule has 0 fully saturated rings. The number of amides is 1. The molecule has 0 aromatic rings. The Morgan fingerprint density at radius 2 is 1.69 bits per heavy atom. The maximum absolute atomic E-state index is 11.5. The summed E-state index contributed by atoms with van der Waals surface area (Å²) in [6.45, 7) is 2.28. The van der Waals surface area contributed by atoms with Gasteiger partial charge in [-0.3, -0.25) is 4.79 Å². The number of hydrogen-bond acceptors (Lipinski definition) is 5. The summed E-state index contributed by atoms with van der Waals surface area (Å²) in [6.07, 6.45) is 0.937. The van der Waals surface area contributed by atoms with E-state index in [9.17, 15) is 21.6 Å². The number of primary sulfonamides is 1. The lowest BCUT2D eigenvalue weighted by molar-refractivity contribution is -0.122. The predicted octanol–water partition coefficient (Wildman–Crippen LogP) is -1.79. The third-order valence-electron chi connectivity index (χ3n) is 2.15. The van der Waals surface area contributed by atoms with Crippen LogP contribution in [0.3, 0.4) is 0 Å². The fourth-order valence-electron chi connectivity index (χ4n) is 0.688. The van der Waals surface area contributed by atoms with Crippen molar-refractivity contribution in [1.29, 1.82) is 0 Å². The molecule has 0 unspecified atom stereocenters. The van der Waals surface area contributed by atoms with Gasteiger partial charge in [0.05, 0.1) is 5.75 Å². The molecule has 0 rings (SSSR count). The number of sulfone groups is 1. The van der Waals surface area contributed by atoms with Gasteiger partial charge in [-0.15, -0.1) is 0 Å². The second-order valence-electron chi connectivity index (χ2n) is 3.91. The van der Waals surface area contributed by atoms with Crippen LogP contribution in [0.15, 0.2) is 0 Å². The van der Waals surface area contributed by atoms with Crippen LogP contribution >= 0.6 is 0 Å². The van der Waals surface area contributed by atoms with Crippen LogP contribution in [0.4, 0.5) is 0 Å². The lowest BCUT2D eigenvalue weighted by Gasteiger charge is -2.21. The normalized spacial score (nSPS) is 13.5. The van der Waals surface area contributed by atoms with Crippen molar-refractivity contribution in [3.63, 3.8) is 0 Å². The van der Waals surface area contributed by atoms with E-state index in [0.717, 1.165) is 6.26 Å². The first-order chi connectivity index (χ1) is 6.88. The lowest BCUT2D eigenvalue weighted by atomic mass is 10.2. The summed E-state index contributed by atoms with van der Waals surface area (Å²) >= 11 is 0. The summed E-state index contributed by atoms with van der Waals surface area (Å²) in [5.74, 6) is -1.18. The minimum absolute atomic E-state index is 0.212. The van der Waals surface area contributed by atoms with Crippen LogP contribution in [0.5, 0.6) is 0 Å². The second kappa shape index (κ2) is 4.68. The fraction of sp³-hybridized carbons (Fsp3) is 0.857. The average Bonchev–Trinajstić information content (AvgIpc) is 1.99. The summed E-state index contributed by atoms with van der Waals surface area (Å²) in [5.41, 5.74) is 0. The largest absolute Gasteiger partial charge is 0.354 e. The molecule has 0 aromatic heterocycles. The van der Waals surface area contributed by atoms with Gasteiger partial charge < -0.3 is 5.32 Å². The van der Waals surface area contributed by atoms with Gasteiger partial charge in [0.25, 0.3) is 0 Å². The van der Waals surface area contributed by atoms with Crippen molar-refractivity contribution in [3.8, 4) is 0 Å². The average molecular weight is 272 g/mol. The van der Waals surface area contributed by atoms with Gasteiger partial charge in [-0.2, -0.15) is 0 Å². The zero-order valence-electron chi connectivity index (χ0n) is 9.35. The molecule has 0 saturated carbocycles. The zero-order valence-corrected chi connectivity index (χ0v) is 11.0. The van der Waals surface area contributed by atoms with Gasteiger partial charge >= 0.3 is 0 Å². The SMILES string of the molecule is CC(C)(C(=O)NCCS(N)(=O)=O)S(C)(=O)=O. The Morgan fingerprint density at radius 3 is 2.00 bits per heavy atom. The molecule has 7 nitrogen and oxygen atoms in total. The molecule has 0 aliphatic carbocycles. The van der Waals surface area contributed by atoms with E-state index in [0.29, 0.717) is 0 Å². The van der Waals surface area contributed by atoms with E-state index in [1.807, 2.05) is 0 Å². The Balaban J connectivity index is 4.51. The predicted molar refractivity (Wildman–Crippen MR) is 59.9 cm³/mol. The standard InChI is InChI=1S/C7H16N2O5S2/c1-7(2,15(3,11)12)6(10)9-4-5-16(8,13)14/h4-5H2,1-3H3,(H,9,10)(H2,8,13,14). The van der Waals surface area contributed by atoms with Crippen molar-refractivity contribution in [2.45, 2.75) is 18.6 Å². The maximum Gasteiger partial charge on any atom is 0.240 e. The lowest BCUT2D eigenvalue weighted by Crippen LogP contribution is -2.48. The van der Waals surface area contributed by atoms with E-state index >= 15 is 0 Å². The van der Waals surface area contributed by atoms with Crippen molar-refractivity contribution in [3.05, 3.63) is 0 Å². The summed E-state index contributed by atoms with van der Waals surface area (Å²) in [6, 6.07) is 0. The topological polar surface area (TPSA) is 123 Å². The van der Waals surface area contributed by atoms with Gasteiger partial charge in [-0.1, -0.05) is 0 Å². The highest BCUT2D eigenvalue weighted by Crippen LogP contribution is 2.14. The molecular formula is C7H16N2O5S2. The fourth-order valence-corrected chi connectivity index (χ4v) is 1.48. The van der Waals surface area contributed by atoms with Gasteiger partial charge in [-0.25, -0.2) is 22.0 Å². The molecule has 16 heavy (non-hydrogen) atoms. The highest BCUT2D eigenvalue weighted by molar-refractivity contribution is 7.92. The van der Waals surface area contributed by atoms with Crippen molar-refractivity contribution in [2.75, 3.05) is 18.6 Å². The summed E-state index contributed by atoms with van der Waals surface area (Å²) in [5, 5.41) is 6.93. The van der Waals surface area contributed by atoms with E-state index < -0.39 is 36.3 Å². The first-order valence-corrected chi connectivity index (χ1v) is 7.97. The highest BCUT2D eigenvalue weighted by atomic mass is 32.2. The number of rotatable bonds is 5. The number of hydrogen-bond donors (Lipinski definition) is 2. The summed E-state index contributed by atoms with van der Waals surface area (Å²) in [4.78, 5) is 11.5. The molecule has 0 aliphatic heterocycles. The number of nitrogens with two attached hydrogens (primary N) is 1. The van der Waals surface area contributed by atoms with Crippen LogP contribution < -0.4 is 10.5 Å². The maximum atomic E-state index is 11.5. The zero-order chi connectivity index (χ0) is 13.2. The van der Waals surface area contributed by atoms with E-state index in [1.165, 1.54) is 13.8 Å². The van der Waals surface area contributed by atoms with Crippen LogP contribution in [-0.4, -0.2) is 46.0 Å². The monoisotopic (exact) mass is 272 g/mol. The molecule has 0 saturated heterocycles. The Hall–Kier alpha value is -0.670. The Bertz CT molecular complexity index is 463. The van der Waals surface area contributed by atoms with Gasteiger partial charge in [0.1, 0.15) is 4.75 Å². The minimum atomic E-state index is -3.66. The third-order valence-corrected chi connectivity index (χ3v) is 4.96. The summed E-state index contributed by atoms with van der Waals surface area (Å²) in [7, 11) is -7.23. The van der Waals surface area contributed by atoms with Crippen LogP contribution in [0.1, 0.15) is 13.8 Å². The molecule has 0 spiro atoms. The number of sulfonamides is 1. The first kappa shape index (κ1) is 15.3. The second-order valence-corrected chi connectivity index (χ2v) is 8.20. The van der Waals surface area contributed by atoms with Crippen molar-refractivity contribution >= 4 is 25.8 Å². The van der Waals surface area contributed by atoms with E-state index in [1.54, 1.807) is 0 Å². The Kier molecular flexibility index (Phi) is 4.48. The summed E-state index contributed by atoms with van der Waals surface area (Å²) < 4.78 is 42.0. The molecular weight excluding hydrogens is 256 g/mol. The minimum Gasteiger partial charge on any atom is -0.354 e. The number of carbonyl (C=O) groups is 1. The third kappa shape index (κ3) is 4.45. The van der Waals surface area contributed by atoms with E-state index in [2.05, 4.69) is 5.32 Å². The highest BCUT2D eigenvalue weighted by Gasteiger charge is 2.38. The number of carbonyl (C=O) groups excluding carboxylic acids is 1. The molecule has 0 radical (unpaired) electrons. The Labute approximate surface area is 95.4 Å². The molecule has 1 amide bonds. The van der Waals surface area contributed by atoms with Gasteiger partial charge in [0.2, 0.25) is 15.9 Å². The van der Waals surface area contributed by atoms with Crippen molar-refractivity contribution in [2.24, 2.45) is 5.14 Å². The van der Waals surface area contributed by atoms with Gasteiger partial charge in [-0.05, 0) is 13.8 Å². The molecule has 0 bridgehead atoms. The van der Waals surface area contributed by atoms with E-state index in [4.69, 9.17) is 5.14 Å². The quantitative estimate of drug-likeness (QED) is 0.612. The molecule has 0 heterocycles. The number of nitrogens with one attached hydrogen (secondary N) is 1. The molecule has 0 atom stereocenters. The van der Waals surface area contributed by atoms with Gasteiger partial charge in [0, 0.05) is 12.8 Å². The molecule has 3 N–H and O–H groups in total. The van der Waals surface area contributed by atoms with Gasteiger partial charge in [0.15, 0.2) is 9.84 Å².